The first-order valence-corrected chi connectivity index (χ1v) is 6.78. The molecule has 1 aromatic rings. The van der Waals surface area contributed by atoms with E-state index in [0.717, 1.165) is 25.7 Å². The normalized spacial score (nSPS) is 16.8. The van der Waals surface area contributed by atoms with Gasteiger partial charge in [0, 0.05) is 12.4 Å². The number of anilines is 1. The number of phenols is 1. The Labute approximate surface area is 117 Å². The van der Waals surface area contributed by atoms with Crippen molar-refractivity contribution in [3.63, 3.8) is 0 Å². The summed E-state index contributed by atoms with van der Waals surface area (Å²) in [5, 5.41) is 23.1. The molecule has 0 heterocycles. The molecule has 1 saturated carbocycles. The van der Waals surface area contributed by atoms with Crippen LogP contribution < -0.4 is 10.4 Å². The zero-order chi connectivity index (χ0) is 14.6. The van der Waals surface area contributed by atoms with Gasteiger partial charge in [-0.25, -0.2) is 0 Å². The van der Waals surface area contributed by atoms with Crippen LogP contribution in [0.4, 0.5) is 5.69 Å². The number of phenolic OH excluding ortho intramolecular Hbond substituents is 1. The van der Waals surface area contributed by atoms with Crippen molar-refractivity contribution in [3.05, 3.63) is 24.3 Å². The Morgan fingerprint density at radius 1 is 1.20 bits per heavy atom. The van der Waals surface area contributed by atoms with E-state index < -0.39 is 11.4 Å². The SMILES string of the molecule is O=C([O-])CC1(CC(=O)Nc2ccccc2O)CCCC1. The van der Waals surface area contributed by atoms with Gasteiger partial charge in [0.05, 0.1) is 5.69 Å². The summed E-state index contributed by atoms with van der Waals surface area (Å²) in [5.41, 5.74) is -0.146. The van der Waals surface area contributed by atoms with E-state index in [1.54, 1.807) is 18.2 Å². The highest BCUT2D eigenvalue weighted by Crippen LogP contribution is 2.44. The van der Waals surface area contributed by atoms with Crippen LogP contribution in [-0.4, -0.2) is 17.0 Å². The summed E-state index contributed by atoms with van der Waals surface area (Å²) in [4.78, 5) is 22.9. The van der Waals surface area contributed by atoms with Gasteiger partial charge in [0.15, 0.2) is 0 Å². The van der Waals surface area contributed by atoms with E-state index in [1.165, 1.54) is 6.07 Å². The molecule has 1 aliphatic rings. The predicted molar refractivity (Wildman–Crippen MR) is 71.9 cm³/mol. The van der Waals surface area contributed by atoms with E-state index in [9.17, 15) is 19.8 Å². The molecule has 20 heavy (non-hydrogen) atoms. The van der Waals surface area contributed by atoms with E-state index in [0.29, 0.717) is 5.69 Å². The van der Waals surface area contributed by atoms with Crippen molar-refractivity contribution in [2.75, 3.05) is 5.32 Å². The number of benzene rings is 1. The Balaban J connectivity index is 2.02. The second-order valence-electron chi connectivity index (χ2n) is 5.50. The third kappa shape index (κ3) is 3.50. The summed E-state index contributed by atoms with van der Waals surface area (Å²) < 4.78 is 0. The fourth-order valence-corrected chi connectivity index (χ4v) is 2.96. The van der Waals surface area contributed by atoms with Gasteiger partial charge in [0.2, 0.25) is 5.91 Å². The molecule has 0 unspecified atom stereocenters. The number of nitrogens with one attached hydrogen (secondary N) is 1. The number of aliphatic carboxylic acids is 1. The molecule has 0 saturated heterocycles. The van der Waals surface area contributed by atoms with Gasteiger partial charge in [-0.05, 0) is 36.8 Å². The Bertz CT molecular complexity index is 506. The van der Waals surface area contributed by atoms with E-state index in [1.807, 2.05) is 0 Å². The number of amides is 1. The minimum atomic E-state index is -1.11. The average molecular weight is 276 g/mol. The van der Waals surface area contributed by atoms with E-state index in [4.69, 9.17) is 0 Å². The lowest BCUT2D eigenvalue weighted by Gasteiger charge is -2.28. The molecule has 5 nitrogen and oxygen atoms in total. The van der Waals surface area contributed by atoms with Gasteiger partial charge in [-0.1, -0.05) is 25.0 Å². The van der Waals surface area contributed by atoms with Crippen molar-refractivity contribution in [1.82, 2.24) is 0 Å². The van der Waals surface area contributed by atoms with Crippen LogP contribution >= 0.6 is 0 Å². The molecule has 0 aliphatic heterocycles. The molecule has 2 rings (SSSR count). The molecule has 108 valence electrons. The Hall–Kier alpha value is -2.04. The van der Waals surface area contributed by atoms with Crippen LogP contribution in [0.5, 0.6) is 5.75 Å². The minimum Gasteiger partial charge on any atom is -0.550 e. The van der Waals surface area contributed by atoms with Crippen molar-refractivity contribution in [2.24, 2.45) is 5.41 Å². The molecule has 0 spiro atoms. The number of hydrogen-bond donors (Lipinski definition) is 2. The lowest BCUT2D eigenvalue weighted by Crippen LogP contribution is -2.33. The summed E-state index contributed by atoms with van der Waals surface area (Å²) in [7, 11) is 0. The first kappa shape index (κ1) is 14.4. The van der Waals surface area contributed by atoms with Crippen molar-refractivity contribution < 1.29 is 19.8 Å². The van der Waals surface area contributed by atoms with Gasteiger partial charge >= 0.3 is 0 Å². The standard InChI is InChI=1S/C15H19NO4/c17-12-6-2-1-5-11(12)16-13(18)9-15(10-14(19)20)7-3-4-8-15/h1-2,5-6,17H,3-4,7-10H2,(H,16,18)(H,19,20)/p-1. The number of rotatable bonds is 5. The van der Waals surface area contributed by atoms with Gasteiger partial charge in [0.25, 0.3) is 0 Å². The van der Waals surface area contributed by atoms with E-state index in [-0.39, 0.29) is 24.5 Å². The van der Waals surface area contributed by atoms with E-state index >= 15 is 0 Å². The van der Waals surface area contributed by atoms with Crippen LogP contribution in [0, 0.1) is 5.41 Å². The average Bonchev–Trinajstić information content (AvgIpc) is 2.79. The molecule has 1 amide bonds. The molecular weight excluding hydrogens is 258 g/mol. The number of carboxylic acid groups (broad SMARTS) is 1. The van der Waals surface area contributed by atoms with Gasteiger partial charge in [-0.2, -0.15) is 0 Å². The van der Waals surface area contributed by atoms with Crippen molar-refractivity contribution in [3.8, 4) is 5.75 Å². The van der Waals surface area contributed by atoms with Crippen LogP contribution in [-0.2, 0) is 9.59 Å². The molecular formula is C15H18NO4-. The van der Waals surface area contributed by atoms with Crippen molar-refractivity contribution >= 4 is 17.6 Å². The topological polar surface area (TPSA) is 89.5 Å². The van der Waals surface area contributed by atoms with E-state index in [2.05, 4.69) is 5.32 Å². The Kier molecular flexibility index (Phi) is 4.27. The first-order valence-electron chi connectivity index (χ1n) is 6.78. The van der Waals surface area contributed by atoms with Crippen LogP contribution in [0.2, 0.25) is 0 Å². The van der Waals surface area contributed by atoms with Gasteiger partial charge in [-0.3, -0.25) is 4.79 Å². The minimum absolute atomic E-state index is 0.00113. The molecule has 2 N–H and O–H groups in total. The Morgan fingerprint density at radius 3 is 2.45 bits per heavy atom. The first-order chi connectivity index (χ1) is 9.51. The largest absolute Gasteiger partial charge is 0.550 e. The molecule has 0 bridgehead atoms. The van der Waals surface area contributed by atoms with Crippen LogP contribution in [0.25, 0.3) is 0 Å². The second-order valence-corrected chi connectivity index (χ2v) is 5.50. The third-order valence-electron chi connectivity index (χ3n) is 3.90. The number of carbonyl (C=O) groups excluding carboxylic acids is 2. The molecule has 0 aromatic heterocycles. The van der Waals surface area contributed by atoms with Crippen LogP contribution in [0.1, 0.15) is 38.5 Å². The number of aromatic hydroxyl groups is 1. The molecule has 1 aliphatic carbocycles. The summed E-state index contributed by atoms with van der Waals surface area (Å²) in [6, 6.07) is 6.47. The monoisotopic (exact) mass is 276 g/mol. The summed E-state index contributed by atoms with van der Waals surface area (Å²) in [6.45, 7) is 0. The van der Waals surface area contributed by atoms with Crippen molar-refractivity contribution in [1.29, 1.82) is 0 Å². The van der Waals surface area contributed by atoms with Crippen LogP contribution in [0.3, 0.4) is 0 Å². The summed E-state index contributed by atoms with van der Waals surface area (Å²) >= 11 is 0. The van der Waals surface area contributed by atoms with Gasteiger partial charge < -0.3 is 20.3 Å². The lowest BCUT2D eigenvalue weighted by molar-refractivity contribution is -0.308. The van der Waals surface area contributed by atoms with Crippen LogP contribution in [0.15, 0.2) is 24.3 Å². The van der Waals surface area contributed by atoms with Crippen molar-refractivity contribution in [2.45, 2.75) is 38.5 Å². The molecule has 0 atom stereocenters. The van der Waals surface area contributed by atoms with Gasteiger partial charge in [-0.15, -0.1) is 0 Å². The smallest absolute Gasteiger partial charge is 0.225 e. The molecule has 0 radical (unpaired) electrons. The van der Waals surface area contributed by atoms with Gasteiger partial charge in [0.1, 0.15) is 5.75 Å². The maximum Gasteiger partial charge on any atom is 0.225 e. The summed E-state index contributed by atoms with van der Waals surface area (Å²) in [5.74, 6) is -1.38. The molecule has 5 heteroatoms. The fraction of sp³-hybridized carbons (Fsp3) is 0.467. The molecule has 1 aromatic carbocycles. The second kappa shape index (κ2) is 5.94. The highest BCUT2D eigenvalue weighted by Gasteiger charge is 2.36. The fourth-order valence-electron chi connectivity index (χ4n) is 2.96. The maximum atomic E-state index is 12.1. The maximum absolute atomic E-state index is 12.1. The number of carbonyl (C=O) groups is 2. The predicted octanol–water partition coefficient (Wildman–Crippen LogP) is 1.42. The number of para-hydroxylation sites is 2. The number of hydrogen-bond acceptors (Lipinski definition) is 4. The highest BCUT2D eigenvalue weighted by atomic mass is 16.4. The Morgan fingerprint density at radius 2 is 1.85 bits per heavy atom. The number of carboxylic acids is 1. The lowest BCUT2D eigenvalue weighted by atomic mass is 9.79. The molecule has 1 fully saturated rings. The highest BCUT2D eigenvalue weighted by molar-refractivity contribution is 5.92. The third-order valence-corrected chi connectivity index (χ3v) is 3.90. The zero-order valence-corrected chi connectivity index (χ0v) is 11.2. The quantitative estimate of drug-likeness (QED) is 0.796. The summed E-state index contributed by atoms with van der Waals surface area (Å²) in [6.07, 6.45) is 3.41. The zero-order valence-electron chi connectivity index (χ0n) is 11.2.